The van der Waals surface area contributed by atoms with Gasteiger partial charge in [0, 0.05) is 6.42 Å². The lowest BCUT2D eigenvalue weighted by atomic mass is 10.3. The van der Waals surface area contributed by atoms with Gasteiger partial charge in [0.1, 0.15) is 5.84 Å². The Labute approximate surface area is 67.5 Å². The Morgan fingerprint density at radius 2 is 2.27 bits per heavy atom. The molecule has 4 heteroatoms. The summed E-state index contributed by atoms with van der Waals surface area (Å²) in [6, 6.07) is 0. The van der Waals surface area contributed by atoms with Crippen molar-refractivity contribution < 1.29 is 5.21 Å². The highest BCUT2D eigenvalue weighted by Crippen LogP contribution is 1.86. The zero-order valence-corrected chi connectivity index (χ0v) is 7.01. The molecule has 0 amide bonds. The van der Waals surface area contributed by atoms with Crippen LogP contribution in [0.1, 0.15) is 26.2 Å². The molecule has 0 aliphatic carbocycles. The molecular formula is C7H17N3O. The molecule has 0 aromatic rings. The number of oxime groups is 1. The van der Waals surface area contributed by atoms with Crippen molar-refractivity contribution in [2.45, 2.75) is 26.2 Å². The Morgan fingerprint density at radius 1 is 1.55 bits per heavy atom. The summed E-state index contributed by atoms with van der Waals surface area (Å²) in [6.45, 7) is 4.09. The third-order valence-corrected chi connectivity index (χ3v) is 1.34. The standard InChI is InChI=1S/C7H17N3O/c1-2-5-9-6-3-4-7(8)10-11/h9,11H,2-6H2,1H3,(H2,8,10). The van der Waals surface area contributed by atoms with Crippen LogP contribution < -0.4 is 11.1 Å². The minimum Gasteiger partial charge on any atom is -0.409 e. The van der Waals surface area contributed by atoms with E-state index in [1.54, 1.807) is 0 Å². The molecule has 4 nitrogen and oxygen atoms in total. The number of nitrogens with two attached hydrogens (primary N) is 1. The summed E-state index contributed by atoms with van der Waals surface area (Å²) in [6.07, 6.45) is 2.73. The zero-order valence-electron chi connectivity index (χ0n) is 7.01. The molecule has 0 aliphatic heterocycles. The second-order valence-corrected chi connectivity index (χ2v) is 2.44. The normalized spacial score (nSPS) is 11.9. The van der Waals surface area contributed by atoms with Crippen molar-refractivity contribution in [3.05, 3.63) is 0 Å². The molecule has 0 unspecified atom stereocenters. The molecular weight excluding hydrogens is 142 g/mol. The van der Waals surface area contributed by atoms with Crippen LogP contribution in [0.3, 0.4) is 0 Å². The summed E-state index contributed by atoms with van der Waals surface area (Å²) >= 11 is 0. The number of rotatable bonds is 6. The van der Waals surface area contributed by atoms with Gasteiger partial charge in [0.2, 0.25) is 0 Å². The van der Waals surface area contributed by atoms with Gasteiger partial charge in [-0.05, 0) is 25.9 Å². The number of nitrogens with one attached hydrogen (secondary N) is 1. The second-order valence-electron chi connectivity index (χ2n) is 2.44. The summed E-state index contributed by atoms with van der Waals surface area (Å²) in [4.78, 5) is 0. The third-order valence-electron chi connectivity index (χ3n) is 1.34. The molecule has 0 saturated heterocycles. The molecule has 4 N–H and O–H groups in total. The molecule has 0 bridgehead atoms. The molecule has 0 rings (SSSR count). The lowest BCUT2D eigenvalue weighted by Crippen LogP contribution is -2.19. The van der Waals surface area contributed by atoms with Gasteiger partial charge < -0.3 is 16.3 Å². The van der Waals surface area contributed by atoms with Crippen LogP contribution in [0.25, 0.3) is 0 Å². The maximum Gasteiger partial charge on any atom is 0.139 e. The van der Waals surface area contributed by atoms with Crippen molar-refractivity contribution >= 4 is 5.84 Å². The van der Waals surface area contributed by atoms with E-state index in [0.29, 0.717) is 12.3 Å². The third kappa shape index (κ3) is 7.12. The zero-order chi connectivity index (χ0) is 8.53. The van der Waals surface area contributed by atoms with E-state index < -0.39 is 0 Å². The molecule has 0 atom stereocenters. The Hall–Kier alpha value is -0.770. The summed E-state index contributed by atoms with van der Waals surface area (Å²) < 4.78 is 0. The topological polar surface area (TPSA) is 70.6 Å². The summed E-state index contributed by atoms with van der Waals surface area (Å²) in [7, 11) is 0. The fourth-order valence-corrected chi connectivity index (χ4v) is 0.746. The largest absolute Gasteiger partial charge is 0.409 e. The lowest BCUT2D eigenvalue weighted by Gasteiger charge is -2.00. The van der Waals surface area contributed by atoms with Gasteiger partial charge in [0.05, 0.1) is 0 Å². The first-order valence-electron chi connectivity index (χ1n) is 3.98. The van der Waals surface area contributed by atoms with Gasteiger partial charge in [-0.15, -0.1) is 0 Å². The van der Waals surface area contributed by atoms with Crippen LogP contribution in [-0.4, -0.2) is 24.1 Å². The van der Waals surface area contributed by atoms with Crippen molar-refractivity contribution in [3.63, 3.8) is 0 Å². The van der Waals surface area contributed by atoms with Gasteiger partial charge in [-0.2, -0.15) is 0 Å². The molecule has 0 saturated carbocycles. The number of hydrogen-bond donors (Lipinski definition) is 3. The van der Waals surface area contributed by atoms with Crippen LogP contribution in [-0.2, 0) is 0 Å². The van der Waals surface area contributed by atoms with E-state index in [1.807, 2.05) is 0 Å². The van der Waals surface area contributed by atoms with Gasteiger partial charge in [0.25, 0.3) is 0 Å². The first-order chi connectivity index (χ1) is 5.31. The summed E-state index contributed by atoms with van der Waals surface area (Å²) in [5.74, 6) is 0.309. The molecule has 0 heterocycles. The first-order valence-corrected chi connectivity index (χ1v) is 3.98. The van der Waals surface area contributed by atoms with Crippen molar-refractivity contribution in [2.75, 3.05) is 13.1 Å². The molecule has 0 aliphatic rings. The Bertz CT molecular complexity index is 114. The molecule has 0 aromatic carbocycles. The smallest absolute Gasteiger partial charge is 0.139 e. The summed E-state index contributed by atoms with van der Waals surface area (Å²) in [5.41, 5.74) is 5.26. The van der Waals surface area contributed by atoms with Crippen LogP contribution in [0.15, 0.2) is 5.16 Å². The van der Waals surface area contributed by atoms with Gasteiger partial charge in [0.15, 0.2) is 0 Å². The van der Waals surface area contributed by atoms with Crippen LogP contribution in [0.5, 0.6) is 0 Å². The maximum atomic E-state index is 8.18. The monoisotopic (exact) mass is 159 g/mol. The van der Waals surface area contributed by atoms with E-state index in [9.17, 15) is 0 Å². The van der Waals surface area contributed by atoms with Gasteiger partial charge in [-0.25, -0.2) is 0 Å². The van der Waals surface area contributed by atoms with E-state index >= 15 is 0 Å². The number of hydrogen-bond acceptors (Lipinski definition) is 3. The van der Waals surface area contributed by atoms with Gasteiger partial charge in [-0.3, -0.25) is 0 Å². The SMILES string of the molecule is CCCNCCCC(N)=NO. The van der Waals surface area contributed by atoms with E-state index in [4.69, 9.17) is 10.9 Å². The number of nitrogens with zero attached hydrogens (tertiary/aromatic N) is 1. The highest BCUT2D eigenvalue weighted by Gasteiger charge is 1.91. The first kappa shape index (κ1) is 10.2. The Kier molecular flexibility index (Phi) is 6.82. The van der Waals surface area contributed by atoms with Crippen molar-refractivity contribution in [1.82, 2.24) is 5.32 Å². The molecule has 66 valence electrons. The van der Waals surface area contributed by atoms with Crippen molar-refractivity contribution in [1.29, 1.82) is 0 Å². The van der Waals surface area contributed by atoms with Crippen LogP contribution in [0, 0.1) is 0 Å². The quantitative estimate of drug-likeness (QED) is 0.174. The fraction of sp³-hybridized carbons (Fsp3) is 0.857. The molecule has 0 spiro atoms. The van der Waals surface area contributed by atoms with Gasteiger partial charge in [-0.1, -0.05) is 12.1 Å². The van der Waals surface area contributed by atoms with Gasteiger partial charge >= 0.3 is 0 Å². The van der Waals surface area contributed by atoms with Crippen molar-refractivity contribution in [3.8, 4) is 0 Å². The van der Waals surface area contributed by atoms with Crippen LogP contribution in [0.2, 0.25) is 0 Å². The summed E-state index contributed by atoms with van der Waals surface area (Å²) in [5, 5.41) is 14.3. The average Bonchev–Trinajstić information content (AvgIpc) is 2.04. The highest BCUT2D eigenvalue weighted by atomic mass is 16.4. The highest BCUT2D eigenvalue weighted by molar-refractivity contribution is 5.79. The Balaban J connectivity index is 3.02. The molecule has 11 heavy (non-hydrogen) atoms. The fourth-order valence-electron chi connectivity index (χ4n) is 0.746. The van der Waals surface area contributed by atoms with Crippen molar-refractivity contribution in [2.24, 2.45) is 10.9 Å². The van der Waals surface area contributed by atoms with E-state index in [0.717, 1.165) is 25.9 Å². The predicted octanol–water partition coefficient (Wildman–Crippen LogP) is 0.513. The average molecular weight is 159 g/mol. The minimum atomic E-state index is 0.309. The minimum absolute atomic E-state index is 0.309. The maximum absolute atomic E-state index is 8.18. The molecule has 0 radical (unpaired) electrons. The Morgan fingerprint density at radius 3 is 2.82 bits per heavy atom. The molecule has 0 aromatic heterocycles. The van der Waals surface area contributed by atoms with Crippen LogP contribution in [0.4, 0.5) is 0 Å². The van der Waals surface area contributed by atoms with E-state index in [2.05, 4.69) is 17.4 Å². The van der Waals surface area contributed by atoms with Crippen LogP contribution >= 0.6 is 0 Å². The van der Waals surface area contributed by atoms with E-state index in [1.165, 1.54) is 0 Å². The lowest BCUT2D eigenvalue weighted by molar-refractivity contribution is 0.316. The predicted molar refractivity (Wildman–Crippen MR) is 45.8 cm³/mol. The molecule has 0 fully saturated rings. The van der Waals surface area contributed by atoms with E-state index in [-0.39, 0.29) is 0 Å². The number of amidine groups is 1. The second kappa shape index (κ2) is 7.34.